The third-order valence-corrected chi connectivity index (χ3v) is 2.52. The van der Waals surface area contributed by atoms with Gasteiger partial charge in [-0.1, -0.05) is 0 Å². The largest absolute Gasteiger partial charge is 0.364 e. The third-order valence-electron chi connectivity index (χ3n) is 1.89. The Balaban J connectivity index is 2.04. The topological polar surface area (TPSA) is 81.0 Å². The van der Waals surface area contributed by atoms with E-state index in [1.165, 1.54) is 29.7 Å². The molecule has 1 N–H and O–H groups in total. The molecule has 0 amide bonds. The molecule has 0 aliphatic carbocycles. The zero-order chi connectivity index (χ0) is 11.4. The first-order valence-corrected chi connectivity index (χ1v) is 5.41. The Labute approximate surface area is 95.1 Å². The summed E-state index contributed by atoms with van der Waals surface area (Å²) in [7, 11) is 0. The summed E-state index contributed by atoms with van der Waals surface area (Å²) in [5.74, 6) is 0.474. The number of pyridine rings is 1. The van der Waals surface area contributed by atoms with Gasteiger partial charge in [-0.05, 0) is 0 Å². The van der Waals surface area contributed by atoms with Crippen molar-refractivity contribution in [2.45, 2.75) is 6.54 Å². The number of nitro groups is 1. The maximum absolute atomic E-state index is 10.5. The lowest BCUT2D eigenvalue weighted by atomic mass is 10.4. The Morgan fingerprint density at radius 2 is 2.38 bits per heavy atom. The van der Waals surface area contributed by atoms with Crippen LogP contribution in [-0.2, 0) is 6.54 Å². The smallest absolute Gasteiger partial charge is 0.274 e. The molecule has 0 atom stereocenters. The highest BCUT2D eigenvalue weighted by Crippen LogP contribution is 2.14. The fourth-order valence-electron chi connectivity index (χ4n) is 1.14. The number of nitrogens with zero attached hydrogens (tertiary/aromatic N) is 3. The molecule has 2 aromatic heterocycles. The van der Waals surface area contributed by atoms with Gasteiger partial charge >= 0.3 is 0 Å². The summed E-state index contributed by atoms with van der Waals surface area (Å²) in [4.78, 5) is 18.1. The molecule has 2 rings (SSSR count). The first kappa shape index (κ1) is 10.5. The molecular formula is C9H8N4O2S. The fourth-order valence-corrected chi connectivity index (χ4v) is 1.69. The Morgan fingerprint density at radius 3 is 3.06 bits per heavy atom. The number of anilines is 1. The molecule has 0 aliphatic rings. The molecular weight excluding hydrogens is 228 g/mol. The van der Waals surface area contributed by atoms with E-state index in [0.29, 0.717) is 12.4 Å². The van der Waals surface area contributed by atoms with Gasteiger partial charge in [0.25, 0.3) is 5.69 Å². The summed E-state index contributed by atoms with van der Waals surface area (Å²) in [5.41, 5.74) is 2.65. The van der Waals surface area contributed by atoms with Crippen molar-refractivity contribution in [3.05, 3.63) is 45.0 Å². The lowest BCUT2D eigenvalue weighted by Crippen LogP contribution is -2.01. The van der Waals surface area contributed by atoms with Crippen LogP contribution in [-0.4, -0.2) is 14.9 Å². The SMILES string of the molecule is O=[N+]([O-])c1ccnc(NCc2cscn2)c1. The second kappa shape index (κ2) is 4.67. The van der Waals surface area contributed by atoms with Crippen LogP contribution in [0.15, 0.2) is 29.2 Å². The highest BCUT2D eigenvalue weighted by molar-refractivity contribution is 7.07. The van der Waals surface area contributed by atoms with Crippen molar-refractivity contribution in [1.29, 1.82) is 0 Å². The van der Waals surface area contributed by atoms with Gasteiger partial charge in [0, 0.05) is 17.6 Å². The van der Waals surface area contributed by atoms with Gasteiger partial charge < -0.3 is 5.32 Å². The van der Waals surface area contributed by atoms with E-state index in [9.17, 15) is 10.1 Å². The summed E-state index contributed by atoms with van der Waals surface area (Å²) >= 11 is 1.50. The molecule has 16 heavy (non-hydrogen) atoms. The molecule has 0 bridgehead atoms. The maximum atomic E-state index is 10.5. The zero-order valence-corrected chi connectivity index (χ0v) is 8.98. The van der Waals surface area contributed by atoms with E-state index in [1.54, 1.807) is 5.51 Å². The lowest BCUT2D eigenvalue weighted by Gasteiger charge is -2.02. The molecule has 82 valence electrons. The van der Waals surface area contributed by atoms with Crippen LogP contribution in [0.1, 0.15) is 5.69 Å². The quantitative estimate of drug-likeness (QED) is 0.649. The van der Waals surface area contributed by atoms with Crippen LogP contribution in [0.3, 0.4) is 0 Å². The van der Waals surface area contributed by atoms with Crippen molar-refractivity contribution in [3.8, 4) is 0 Å². The van der Waals surface area contributed by atoms with E-state index in [0.717, 1.165) is 5.69 Å². The van der Waals surface area contributed by atoms with Crippen LogP contribution in [0.5, 0.6) is 0 Å². The average molecular weight is 236 g/mol. The first-order chi connectivity index (χ1) is 7.75. The number of hydrogen-bond acceptors (Lipinski definition) is 6. The molecule has 2 heterocycles. The van der Waals surface area contributed by atoms with E-state index in [1.807, 2.05) is 5.38 Å². The molecule has 0 aromatic carbocycles. The minimum atomic E-state index is -0.449. The van der Waals surface area contributed by atoms with Crippen molar-refractivity contribution >= 4 is 22.8 Å². The van der Waals surface area contributed by atoms with Gasteiger partial charge in [0.05, 0.1) is 28.7 Å². The lowest BCUT2D eigenvalue weighted by molar-refractivity contribution is -0.384. The normalized spacial score (nSPS) is 10.0. The minimum Gasteiger partial charge on any atom is -0.364 e. The highest BCUT2D eigenvalue weighted by atomic mass is 32.1. The molecule has 0 radical (unpaired) electrons. The van der Waals surface area contributed by atoms with Gasteiger partial charge in [-0.2, -0.15) is 0 Å². The number of aromatic nitrogens is 2. The molecule has 7 heteroatoms. The zero-order valence-electron chi connectivity index (χ0n) is 8.16. The molecule has 0 unspecified atom stereocenters. The van der Waals surface area contributed by atoms with Gasteiger partial charge in [-0.25, -0.2) is 9.97 Å². The molecule has 0 aliphatic heterocycles. The predicted molar refractivity (Wildman–Crippen MR) is 60.3 cm³/mol. The second-order valence-electron chi connectivity index (χ2n) is 2.99. The number of thiazole rings is 1. The summed E-state index contributed by atoms with van der Waals surface area (Å²) < 4.78 is 0. The number of hydrogen-bond donors (Lipinski definition) is 1. The Hall–Kier alpha value is -2.02. The number of rotatable bonds is 4. The summed E-state index contributed by atoms with van der Waals surface area (Å²) in [6.07, 6.45) is 1.40. The standard InChI is InChI=1S/C9H8N4O2S/c14-13(15)8-1-2-10-9(3-8)11-4-7-5-16-6-12-7/h1-3,5-6H,4H2,(H,10,11). The van der Waals surface area contributed by atoms with E-state index in [2.05, 4.69) is 15.3 Å². The second-order valence-corrected chi connectivity index (χ2v) is 3.71. The van der Waals surface area contributed by atoms with E-state index >= 15 is 0 Å². The Morgan fingerprint density at radius 1 is 1.50 bits per heavy atom. The van der Waals surface area contributed by atoms with Crippen molar-refractivity contribution < 1.29 is 4.92 Å². The van der Waals surface area contributed by atoms with Crippen LogP contribution < -0.4 is 5.32 Å². The van der Waals surface area contributed by atoms with Crippen molar-refractivity contribution in [1.82, 2.24) is 9.97 Å². The van der Waals surface area contributed by atoms with Crippen molar-refractivity contribution in [3.63, 3.8) is 0 Å². The van der Waals surface area contributed by atoms with E-state index < -0.39 is 4.92 Å². The third kappa shape index (κ3) is 2.51. The van der Waals surface area contributed by atoms with Crippen molar-refractivity contribution in [2.75, 3.05) is 5.32 Å². The highest BCUT2D eigenvalue weighted by Gasteiger charge is 2.06. The van der Waals surface area contributed by atoms with Crippen LogP contribution in [0, 0.1) is 10.1 Å². The van der Waals surface area contributed by atoms with E-state index in [-0.39, 0.29) is 5.69 Å². The Bertz CT molecular complexity index is 486. The molecule has 0 spiro atoms. The first-order valence-electron chi connectivity index (χ1n) is 4.47. The monoisotopic (exact) mass is 236 g/mol. The van der Waals surface area contributed by atoms with Crippen LogP contribution >= 0.6 is 11.3 Å². The number of nitrogens with one attached hydrogen (secondary N) is 1. The van der Waals surface area contributed by atoms with Crippen LogP contribution in [0.25, 0.3) is 0 Å². The van der Waals surface area contributed by atoms with Crippen LogP contribution in [0.2, 0.25) is 0 Å². The van der Waals surface area contributed by atoms with Gasteiger partial charge in [-0.3, -0.25) is 10.1 Å². The van der Waals surface area contributed by atoms with E-state index in [4.69, 9.17) is 0 Å². The molecule has 6 nitrogen and oxygen atoms in total. The van der Waals surface area contributed by atoms with Gasteiger partial charge in [0.15, 0.2) is 0 Å². The molecule has 0 fully saturated rings. The average Bonchev–Trinajstić information content (AvgIpc) is 2.79. The molecule has 0 saturated heterocycles. The summed E-state index contributed by atoms with van der Waals surface area (Å²) in [6, 6.07) is 2.75. The van der Waals surface area contributed by atoms with Crippen molar-refractivity contribution in [2.24, 2.45) is 0 Å². The van der Waals surface area contributed by atoms with Crippen LogP contribution in [0.4, 0.5) is 11.5 Å². The van der Waals surface area contributed by atoms with Gasteiger partial charge in [0.2, 0.25) is 0 Å². The summed E-state index contributed by atoms with van der Waals surface area (Å²) in [6.45, 7) is 0.512. The fraction of sp³-hybridized carbons (Fsp3) is 0.111. The Kier molecular flexibility index (Phi) is 3.06. The predicted octanol–water partition coefficient (Wildman–Crippen LogP) is 2.06. The molecule has 0 saturated carbocycles. The van der Waals surface area contributed by atoms with Gasteiger partial charge in [0.1, 0.15) is 5.82 Å². The summed E-state index contributed by atoms with van der Waals surface area (Å²) in [5, 5.41) is 15.4. The van der Waals surface area contributed by atoms with Gasteiger partial charge in [-0.15, -0.1) is 11.3 Å². The maximum Gasteiger partial charge on any atom is 0.274 e. The minimum absolute atomic E-state index is 0.0239. The molecule has 2 aromatic rings.